The molecule has 0 fully saturated rings. The van der Waals surface area contributed by atoms with Gasteiger partial charge in [-0.05, 0) is 13.3 Å². The average Bonchev–Trinajstić information content (AvgIpc) is 2.73. The van der Waals surface area contributed by atoms with Gasteiger partial charge in [0, 0.05) is 16.6 Å². The lowest BCUT2D eigenvalue weighted by Crippen LogP contribution is -2.02. The first-order valence-electron chi connectivity index (χ1n) is 5.73. The van der Waals surface area contributed by atoms with Gasteiger partial charge in [0.25, 0.3) is 0 Å². The number of rotatable bonds is 5. The first-order valence-corrected chi connectivity index (χ1v) is 6.61. The molecular formula is C12H16N4S. The molecule has 0 spiro atoms. The van der Waals surface area contributed by atoms with Crippen LogP contribution in [-0.4, -0.2) is 15.0 Å². The Balaban J connectivity index is 1.99. The van der Waals surface area contributed by atoms with Gasteiger partial charge in [-0.25, -0.2) is 15.0 Å². The lowest BCUT2D eigenvalue weighted by Gasteiger charge is -2.05. The van der Waals surface area contributed by atoms with Crippen molar-refractivity contribution < 1.29 is 0 Å². The molecule has 0 aliphatic carbocycles. The molecule has 0 aliphatic rings. The molecule has 4 nitrogen and oxygen atoms in total. The molecule has 90 valence electrons. The van der Waals surface area contributed by atoms with Crippen LogP contribution in [0, 0.1) is 6.92 Å². The molecule has 5 heteroatoms. The number of hydrogen-bond donors (Lipinski definition) is 1. The Morgan fingerprint density at radius 2 is 2.18 bits per heavy atom. The van der Waals surface area contributed by atoms with E-state index in [1.807, 2.05) is 18.5 Å². The van der Waals surface area contributed by atoms with Crippen LogP contribution in [0.25, 0.3) is 0 Å². The highest BCUT2D eigenvalue weighted by Crippen LogP contribution is 2.14. The second-order valence-corrected chi connectivity index (χ2v) is 4.80. The van der Waals surface area contributed by atoms with Gasteiger partial charge in [0.15, 0.2) is 0 Å². The Morgan fingerprint density at radius 3 is 2.88 bits per heavy atom. The summed E-state index contributed by atoms with van der Waals surface area (Å²) < 4.78 is 0. The third-order valence-corrected chi connectivity index (χ3v) is 3.44. The highest BCUT2D eigenvalue weighted by molar-refractivity contribution is 7.09. The summed E-state index contributed by atoms with van der Waals surface area (Å²) in [6.07, 6.45) is 3.72. The third-order valence-electron chi connectivity index (χ3n) is 2.50. The molecule has 2 aromatic rings. The first-order chi connectivity index (χ1) is 8.29. The number of hydrogen-bond acceptors (Lipinski definition) is 5. The largest absolute Gasteiger partial charge is 0.365 e. The standard InChI is InChI=1S/C12H16N4S/c1-3-4-10-5-12(15-7-14-10)13-6-11-9(2)16-8-17-11/h5,7-8H,3-4,6H2,1-2H3,(H,13,14,15). The highest BCUT2D eigenvalue weighted by Gasteiger charge is 2.02. The molecule has 2 rings (SSSR count). The van der Waals surface area contributed by atoms with E-state index >= 15 is 0 Å². The number of anilines is 1. The number of nitrogens with one attached hydrogen (secondary N) is 1. The van der Waals surface area contributed by atoms with E-state index in [1.54, 1.807) is 17.7 Å². The Labute approximate surface area is 105 Å². The van der Waals surface area contributed by atoms with Gasteiger partial charge in [-0.3, -0.25) is 0 Å². The van der Waals surface area contributed by atoms with Crippen LogP contribution >= 0.6 is 11.3 Å². The van der Waals surface area contributed by atoms with Crippen LogP contribution in [0.3, 0.4) is 0 Å². The van der Waals surface area contributed by atoms with Crippen molar-refractivity contribution in [2.45, 2.75) is 33.2 Å². The van der Waals surface area contributed by atoms with E-state index in [9.17, 15) is 0 Å². The minimum absolute atomic E-state index is 0.777. The fraction of sp³-hybridized carbons (Fsp3) is 0.417. The molecule has 0 saturated carbocycles. The highest BCUT2D eigenvalue weighted by atomic mass is 32.1. The minimum atomic E-state index is 0.777. The quantitative estimate of drug-likeness (QED) is 0.884. The molecule has 0 bridgehead atoms. The van der Waals surface area contributed by atoms with E-state index < -0.39 is 0 Å². The fourth-order valence-corrected chi connectivity index (χ4v) is 2.27. The average molecular weight is 248 g/mol. The second kappa shape index (κ2) is 5.72. The number of thiazole rings is 1. The SMILES string of the molecule is CCCc1cc(NCc2scnc2C)ncn1. The Bertz CT molecular complexity index is 481. The maximum absolute atomic E-state index is 4.23. The summed E-state index contributed by atoms with van der Waals surface area (Å²) in [5.41, 5.74) is 4.05. The topological polar surface area (TPSA) is 50.7 Å². The van der Waals surface area contributed by atoms with E-state index in [0.29, 0.717) is 0 Å². The van der Waals surface area contributed by atoms with Crippen LogP contribution in [0.5, 0.6) is 0 Å². The van der Waals surface area contributed by atoms with Crippen molar-refractivity contribution in [3.63, 3.8) is 0 Å². The van der Waals surface area contributed by atoms with E-state index in [1.165, 1.54) is 4.88 Å². The Morgan fingerprint density at radius 1 is 1.29 bits per heavy atom. The van der Waals surface area contributed by atoms with Gasteiger partial charge in [-0.2, -0.15) is 0 Å². The van der Waals surface area contributed by atoms with Crippen molar-refractivity contribution in [3.8, 4) is 0 Å². The van der Waals surface area contributed by atoms with E-state index in [-0.39, 0.29) is 0 Å². The molecule has 2 aromatic heterocycles. The molecule has 0 amide bonds. The molecule has 2 heterocycles. The molecule has 0 atom stereocenters. The van der Waals surface area contributed by atoms with Gasteiger partial charge in [0.2, 0.25) is 0 Å². The van der Waals surface area contributed by atoms with Crippen LogP contribution in [-0.2, 0) is 13.0 Å². The zero-order chi connectivity index (χ0) is 12.1. The lowest BCUT2D eigenvalue weighted by molar-refractivity contribution is 0.871. The minimum Gasteiger partial charge on any atom is -0.365 e. The predicted octanol–water partition coefficient (Wildman–Crippen LogP) is 2.81. The van der Waals surface area contributed by atoms with Crippen molar-refractivity contribution in [3.05, 3.63) is 34.2 Å². The summed E-state index contributed by atoms with van der Waals surface area (Å²) in [4.78, 5) is 13.9. The molecule has 17 heavy (non-hydrogen) atoms. The zero-order valence-electron chi connectivity index (χ0n) is 10.1. The maximum atomic E-state index is 4.23. The number of aryl methyl sites for hydroxylation is 2. The van der Waals surface area contributed by atoms with E-state index in [4.69, 9.17) is 0 Å². The van der Waals surface area contributed by atoms with Gasteiger partial charge >= 0.3 is 0 Å². The maximum Gasteiger partial charge on any atom is 0.129 e. The summed E-state index contributed by atoms with van der Waals surface area (Å²) in [5, 5.41) is 3.31. The normalized spacial score (nSPS) is 10.5. The van der Waals surface area contributed by atoms with Crippen molar-refractivity contribution >= 4 is 17.2 Å². The second-order valence-electron chi connectivity index (χ2n) is 3.86. The van der Waals surface area contributed by atoms with Gasteiger partial charge < -0.3 is 5.32 Å². The van der Waals surface area contributed by atoms with E-state index in [2.05, 4.69) is 27.2 Å². The van der Waals surface area contributed by atoms with Gasteiger partial charge in [-0.1, -0.05) is 13.3 Å². The van der Waals surface area contributed by atoms with Crippen LogP contribution in [0.1, 0.15) is 29.6 Å². The summed E-state index contributed by atoms with van der Waals surface area (Å²) in [6.45, 7) is 4.95. The smallest absolute Gasteiger partial charge is 0.129 e. The first kappa shape index (κ1) is 12.0. The monoisotopic (exact) mass is 248 g/mol. The Kier molecular flexibility index (Phi) is 4.03. The van der Waals surface area contributed by atoms with Crippen molar-refractivity contribution in [1.29, 1.82) is 0 Å². The van der Waals surface area contributed by atoms with Crippen molar-refractivity contribution in [1.82, 2.24) is 15.0 Å². The molecule has 0 unspecified atom stereocenters. The third kappa shape index (κ3) is 3.23. The van der Waals surface area contributed by atoms with Crippen LogP contribution in [0.4, 0.5) is 5.82 Å². The molecule has 0 radical (unpaired) electrons. The zero-order valence-corrected chi connectivity index (χ0v) is 10.9. The lowest BCUT2D eigenvalue weighted by atomic mass is 10.2. The summed E-state index contributed by atoms with van der Waals surface area (Å²) in [7, 11) is 0. The summed E-state index contributed by atoms with van der Waals surface area (Å²) in [6, 6.07) is 2.01. The summed E-state index contributed by atoms with van der Waals surface area (Å²) >= 11 is 1.67. The number of aromatic nitrogens is 3. The Hall–Kier alpha value is -1.49. The molecular weight excluding hydrogens is 232 g/mol. The predicted molar refractivity (Wildman–Crippen MR) is 70.2 cm³/mol. The van der Waals surface area contributed by atoms with Gasteiger partial charge in [0.1, 0.15) is 12.1 Å². The van der Waals surface area contributed by atoms with Crippen molar-refractivity contribution in [2.24, 2.45) is 0 Å². The van der Waals surface area contributed by atoms with Gasteiger partial charge in [0.05, 0.1) is 17.7 Å². The number of nitrogens with zero attached hydrogens (tertiary/aromatic N) is 3. The molecule has 0 aromatic carbocycles. The van der Waals surface area contributed by atoms with Crippen molar-refractivity contribution in [2.75, 3.05) is 5.32 Å². The molecule has 0 aliphatic heterocycles. The van der Waals surface area contributed by atoms with Crippen LogP contribution < -0.4 is 5.32 Å². The molecule has 1 N–H and O–H groups in total. The van der Waals surface area contributed by atoms with Crippen LogP contribution in [0.2, 0.25) is 0 Å². The van der Waals surface area contributed by atoms with Gasteiger partial charge in [-0.15, -0.1) is 11.3 Å². The van der Waals surface area contributed by atoms with Crippen LogP contribution in [0.15, 0.2) is 17.9 Å². The molecule has 0 saturated heterocycles. The summed E-state index contributed by atoms with van der Waals surface area (Å²) in [5.74, 6) is 0.885. The van der Waals surface area contributed by atoms with E-state index in [0.717, 1.165) is 36.6 Å². The fourth-order valence-electron chi connectivity index (χ4n) is 1.55.